The normalized spacial score (nSPS) is 10.4. The summed E-state index contributed by atoms with van der Waals surface area (Å²) < 4.78 is 10.4. The van der Waals surface area contributed by atoms with E-state index in [1.165, 1.54) is 11.3 Å². The van der Waals surface area contributed by atoms with Gasteiger partial charge in [0.05, 0.1) is 37.0 Å². The van der Waals surface area contributed by atoms with Gasteiger partial charge < -0.3 is 14.8 Å². The Morgan fingerprint density at radius 3 is 2.73 bits per heavy atom. The van der Waals surface area contributed by atoms with Gasteiger partial charge in [0.2, 0.25) is 5.91 Å². The van der Waals surface area contributed by atoms with Crippen molar-refractivity contribution >= 4 is 34.5 Å². The highest BCUT2D eigenvalue weighted by molar-refractivity contribution is 7.13. The molecule has 0 saturated heterocycles. The Hall–Kier alpha value is -2.57. The summed E-state index contributed by atoms with van der Waals surface area (Å²) in [5.41, 5.74) is 2.14. The number of anilines is 1. The minimum atomic E-state index is -0.176. The highest BCUT2D eigenvalue weighted by atomic mass is 35.5. The molecule has 26 heavy (non-hydrogen) atoms. The summed E-state index contributed by atoms with van der Waals surface area (Å²) in [7, 11) is 3.12. The molecule has 1 amide bonds. The van der Waals surface area contributed by atoms with Crippen LogP contribution < -0.4 is 14.8 Å². The molecule has 2 aromatic carbocycles. The van der Waals surface area contributed by atoms with Crippen molar-refractivity contribution < 1.29 is 14.3 Å². The van der Waals surface area contributed by atoms with Crippen LogP contribution in [0.4, 0.5) is 5.69 Å². The topological polar surface area (TPSA) is 60.5 Å². The molecular formula is C19H17ClN2O3S. The lowest BCUT2D eigenvalue weighted by Crippen LogP contribution is -2.15. The summed E-state index contributed by atoms with van der Waals surface area (Å²) >= 11 is 7.66. The third-order valence-electron chi connectivity index (χ3n) is 3.68. The van der Waals surface area contributed by atoms with Gasteiger partial charge in [0, 0.05) is 17.0 Å². The van der Waals surface area contributed by atoms with E-state index in [0.29, 0.717) is 27.9 Å². The number of rotatable bonds is 6. The molecule has 0 bridgehead atoms. The van der Waals surface area contributed by atoms with E-state index in [1.54, 1.807) is 32.4 Å². The van der Waals surface area contributed by atoms with E-state index in [2.05, 4.69) is 10.3 Å². The number of hydrogen-bond acceptors (Lipinski definition) is 5. The molecule has 0 atom stereocenters. The first-order valence-corrected chi connectivity index (χ1v) is 9.07. The van der Waals surface area contributed by atoms with Gasteiger partial charge in [0.15, 0.2) is 0 Å². The number of thiazole rings is 1. The number of amides is 1. The second kappa shape index (κ2) is 8.21. The van der Waals surface area contributed by atoms with E-state index < -0.39 is 0 Å². The summed E-state index contributed by atoms with van der Waals surface area (Å²) in [6, 6.07) is 12.7. The molecule has 0 radical (unpaired) electrons. The fraction of sp³-hybridized carbons (Fsp3) is 0.158. The van der Waals surface area contributed by atoms with Crippen LogP contribution in [0.5, 0.6) is 11.5 Å². The molecule has 1 aromatic heterocycles. The van der Waals surface area contributed by atoms with Crippen LogP contribution in [0.3, 0.4) is 0 Å². The minimum Gasteiger partial charge on any atom is -0.497 e. The number of nitrogens with one attached hydrogen (secondary N) is 1. The lowest BCUT2D eigenvalue weighted by atomic mass is 10.2. The first-order valence-electron chi connectivity index (χ1n) is 7.82. The van der Waals surface area contributed by atoms with Crippen LogP contribution in [0.25, 0.3) is 10.6 Å². The summed E-state index contributed by atoms with van der Waals surface area (Å²) in [6.07, 6.45) is 0.163. The second-order valence-electron chi connectivity index (χ2n) is 5.42. The Morgan fingerprint density at radius 1 is 1.19 bits per heavy atom. The van der Waals surface area contributed by atoms with Gasteiger partial charge in [-0.15, -0.1) is 11.3 Å². The fourth-order valence-corrected chi connectivity index (χ4v) is 3.55. The Morgan fingerprint density at radius 2 is 2.00 bits per heavy atom. The fourth-order valence-electron chi connectivity index (χ4n) is 2.41. The molecule has 0 aliphatic rings. The van der Waals surface area contributed by atoms with Gasteiger partial charge in [-0.3, -0.25) is 4.79 Å². The SMILES string of the molecule is COc1ccc(NC(=O)Cc2csc(-c3ccccc3Cl)n2)c(OC)c1. The zero-order chi connectivity index (χ0) is 18.5. The number of nitrogens with zero attached hydrogens (tertiary/aromatic N) is 1. The number of hydrogen-bond donors (Lipinski definition) is 1. The Balaban J connectivity index is 1.71. The molecule has 7 heteroatoms. The van der Waals surface area contributed by atoms with E-state index in [9.17, 15) is 4.79 Å². The molecule has 134 valence electrons. The molecule has 0 spiro atoms. The zero-order valence-electron chi connectivity index (χ0n) is 14.3. The van der Waals surface area contributed by atoms with E-state index >= 15 is 0 Å². The van der Waals surface area contributed by atoms with Crippen molar-refractivity contribution in [2.75, 3.05) is 19.5 Å². The maximum atomic E-state index is 12.4. The van der Waals surface area contributed by atoms with Gasteiger partial charge in [-0.1, -0.05) is 29.8 Å². The first kappa shape index (κ1) is 18.2. The number of carbonyl (C=O) groups is 1. The third-order valence-corrected chi connectivity index (χ3v) is 4.93. The molecule has 1 N–H and O–H groups in total. The predicted molar refractivity (Wildman–Crippen MR) is 104 cm³/mol. The number of carbonyl (C=O) groups excluding carboxylic acids is 1. The van der Waals surface area contributed by atoms with Crippen LogP contribution in [-0.2, 0) is 11.2 Å². The lowest BCUT2D eigenvalue weighted by Gasteiger charge is -2.11. The number of halogens is 1. The highest BCUT2D eigenvalue weighted by Gasteiger charge is 2.13. The average Bonchev–Trinajstić information content (AvgIpc) is 3.10. The quantitative estimate of drug-likeness (QED) is 0.667. The number of methoxy groups -OCH3 is 2. The Kier molecular flexibility index (Phi) is 5.75. The number of ether oxygens (including phenoxy) is 2. The molecule has 0 aliphatic carbocycles. The molecule has 3 aromatic rings. The molecule has 1 heterocycles. The second-order valence-corrected chi connectivity index (χ2v) is 6.68. The maximum Gasteiger partial charge on any atom is 0.230 e. The molecule has 0 aliphatic heterocycles. The molecule has 5 nitrogen and oxygen atoms in total. The van der Waals surface area contributed by atoms with Crippen LogP contribution in [0.15, 0.2) is 47.8 Å². The molecule has 0 unspecified atom stereocenters. The molecular weight excluding hydrogens is 372 g/mol. The third kappa shape index (κ3) is 4.15. The van der Waals surface area contributed by atoms with Crippen LogP contribution in [0.2, 0.25) is 5.02 Å². The smallest absolute Gasteiger partial charge is 0.230 e. The van der Waals surface area contributed by atoms with E-state index in [1.807, 2.05) is 29.6 Å². The van der Waals surface area contributed by atoms with Gasteiger partial charge >= 0.3 is 0 Å². The summed E-state index contributed by atoms with van der Waals surface area (Å²) in [5.74, 6) is 1.01. The van der Waals surface area contributed by atoms with Crippen molar-refractivity contribution in [1.82, 2.24) is 4.98 Å². The van der Waals surface area contributed by atoms with Crippen LogP contribution in [0, 0.1) is 0 Å². The predicted octanol–water partition coefficient (Wildman–Crippen LogP) is 4.66. The maximum absolute atomic E-state index is 12.4. The molecule has 0 saturated carbocycles. The van der Waals surface area contributed by atoms with E-state index in [-0.39, 0.29) is 12.3 Å². The summed E-state index contributed by atoms with van der Waals surface area (Å²) in [6.45, 7) is 0. The van der Waals surface area contributed by atoms with Gasteiger partial charge in [-0.25, -0.2) is 4.98 Å². The lowest BCUT2D eigenvalue weighted by molar-refractivity contribution is -0.115. The first-order chi connectivity index (χ1) is 12.6. The average molecular weight is 389 g/mol. The zero-order valence-corrected chi connectivity index (χ0v) is 15.9. The summed E-state index contributed by atoms with van der Waals surface area (Å²) in [5, 5.41) is 6.14. The van der Waals surface area contributed by atoms with Gasteiger partial charge in [-0.05, 0) is 18.2 Å². The van der Waals surface area contributed by atoms with Crippen molar-refractivity contribution in [3.63, 3.8) is 0 Å². The van der Waals surface area contributed by atoms with E-state index in [0.717, 1.165) is 10.6 Å². The summed E-state index contributed by atoms with van der Waals surface area (Å²) in [4.78, 5) is 16.9. The van der Waals surface area contributed by atoms with Crippen LogP contribution in [0.1, 0.15) is 5.69 Å². The Labute approximate surface area is 160 Å². The Bertz CT molecular complexity index is 927. The van der Waals surface area contributed by atoms with Gasteiger partial charge in [-0.2, -0.15) is 0 Å². The standard InChI is InChI=1S/C19H17ClN2O3S/c1-24-13-7-8-16(17(10-13)25-2)22-18(23)9-12-11-26-19(21-12)14-5-3-4-6-15(14)20/h3-8,10-11H,9H2,1-2H3,(H,22,23). The van der Waals surface area contributed by atoms with E-state index in [4.69, 9.17) is 21.1 Å². The monoisotopic (exact) mass is 388 g/mol. The molecule has 3 rings (SSSR count). The van der Waals surface area contributed by atoms with Crippen molar-refractivity contribution in [2.45, 2.75) is 6.42 Å². The van der Waals surface area contributed by atoms with Gasteiger partial charge in [0.1, 0.15) is 16.5 Å². The number of aromatic nitrogens is 1. The van der Waals surface area contributed by atoms with Crippen molar-refractivity contribution in [1.29, 1.82) is 0 Å². The largest absolute Gasteiger partial charge is 0.497 e. The van der Waals surface area contributed by atoms with Crippen molar-refractivity contribution in [2.24, 2.45) is 0 Å². The minimum absolute atomic E-state index is 0.163. The van der Waals surface area contributed by atoms with Gasteiger partial charge in [0.25, 0.3) is 0 Å². The molecule has 0 fully saturated rings. The van der Waals surface area contributed by atoms with Crippen LogP contribution in [-0.4, -0.2) is 25.1 Å². The van der Waals surface area contributed by atoms with Crippen molar-refractivity contribution in [3.8, 4) is 22.1 Å². The highest BCUT2D eigenvalue weighted by Crippen LogP contribution is 2.31. The number of benzene rings is 2. The van der Waals surface area contributed by atoms with Crippen molar-refractivity contribution in [3.05, 3.63) is 58.6 Å². The van der Waals surface area contributed by atoms with Crippen LogP contribution >= 0.6 is 22.9 Å².